The van der Waals surface area contributed by atoms with E-state index < -0.39 is 4.92 Å². The monoisotopic (exact) mass is 237 g/mol. The summed E-state index contributed by atoms with van der Waals surface area (Å²) in [5, 5.41) is 11.6. The summed E-state index contributed by atoms with van der Waals surface area (Å²) < 4.78 is 0. The molecule has 0 fully saturated rings. The maximum atomic E-state index is 10.9. The summed E-state index contributed by atoms with van der Waals surface area (Å²) in [6.45, 7) is 1.78. The van der Waals surface area contributed by atoms with Gasteiger partial charge < -0.3 is 5.73 Å². The zero-order valence-electron chi connectivity index (χ0n) is 8.40. The summed E-state index contributed by atoms with van der Waals surface area (Å²) in [7, 11) is 0. The average Bonchev–Trinajstić information content (AvgIpc) is 2.19. The molecular formula is C10H8ClN3O2. The van der Waals surface area contributed by atoms with E-state index in [1.165, 1.54) is 6.07 Å². The molecule has 1 heterocycles. The minimum atomic E-state index is -0.477. The Balaban J connectivity index is 2.90. The minimum absolute atomic E-state index is 0.0584. The Kier molecular flexibility index (Phi) is 2.40. The largest absolute Gasteiger partial charge is 0.396 e. The van der Waals surface area contributed by atoms with E-state index in [-0.39, 0.29) is 16.4 Å². The van der Waals surface area contributed by atoms with Gasteiger partial charge in [-0.25, -0.2) is 4.98 Å². The quantitative estimate of drug-likeness (QED) is 0.470. The van der Waals surface area contributed by atoms with E-state index in [1.807, 2.05) is 0 Å². The number of nitrogens with zero attached hydrogens (tertiary/aromatic N) is 2. The van der Waals surface area contributed by atoms with Gasteiger partial charge in [0.1, 0.15) is 5.52 Å². The first kappa shape index (κ1) is 10.6. The number of pyridine rings is 1. The van der Waals surface area contributed by atoms with Crippen LogP contribution in [0.25, 0.3) is 10.9 Å². The first-order chi connectivity index (χ1) is 7.49. The van der Waals surface area contributed by atoms with Crippen LogP contribution >= 0.6 is 11.6 Å². The van der Waals surface area contributed by atoms with Crippen LogP contribution in [0.5, 0.6) is 0 Å². The summed E-state index contributed by atoms with van der Waals surface area (Å²) in [6, 6.07) is 4.83. The third-order valence-corrected chi connectivity index (χ3v) is 2.52. The number of nitro benzene ring substituents is 1. The molecule has 0 aliphatic heterocycles. The molecule has 2 rings (SSSR count). The Bertz CT molecular complexity index is 598. The van der Waals surface area contributed by atoms with Crippen molar-refractivity contribution in [3.05, 3.63) is 39.0 Å². The molecule has 1 aromatic carbocycles. The van der Waals surface area contributed by atoms with Crippen LogP contribution in [0, 0.1) is 17.0 Å². The molecule has 0 atom stereocenters. The van der Waals surface area contributed by atoms with Crippen molar-refractivity contribution in [2.45, 2.75) is 6.92 Å². The fraction of sp³-hybridized carbons (Fsp3) is 0.100. The van der Waals surface area contributed by atoms with E-state index in [0.29, 0.717) is 11.1 Å². The zero-order chi connectivity index (χ0) is 11.9. The Morgan fingerprint density at radius 2 is 2.12 bits per heavy atom. The number of halogens is 1. The highest BCUT2D eigenvalue weighted by molar-refractivity contribution is 6.32. The molecular weight excluding hydrogens is 230 g/mol. The van der Waals surface area contributed by atoms with Gasteiger partial charge in [-0.15, -0.1) is 0 Å². The second kappa shape index (κ2) is 3.61. The average molecular weight is 238 g/mol. The predicted octanol–water partition coefficient (Wildman–Crippen LogP) is 2.69. The minimum Gasteiger partial charge on any atom is -0.396 e. The summed E-state index contributed by atoms with van der Waals surface area (Å²) in [5.41, 5.74) is 6.89. The lowest BCUT2D eigenvalue weighted by Crippen LogP contribution is -1.95. The lowest BCUT2D eigenvalue weighted by atomic mass is 10.1. The summed E-state index contributed by atoms with van der Waals surface area (Å²) in [4.78, 5) is 14.3. The van der Waals surface area contributed by atoms with Crippen molar-refractivity contribution < 1.29 is 4.92 Å². The van der Waals surface area contributed by atoms with Crippen LogP contribution in [0.3, 0.4) is 0 Å². The van der Waals surface area contributed by atoms with Gasteiger partial charge in [0, 0.05) is 11.5 Å². The highest BCUT2D eigenvalue weighted by atomic mass is 35.5. The van der Waals surface area contributed by atoms with Crippen LogP contribution in [0.15, 0.2) is 18.2 Å². The SMILES string of the molecule is Cc1cc([N+](=O)[O-])c2nc(Cl)c(N)cc2c1. The second-order valence-corrected chi connectivity index (χ2v) is 3.84. The highest BCUT2D eigenvalue weighted by Gasteiger charge is 2.15. The number of benzene rings is 1. The number of rotatable bonds is 1. The van der Waals surface area contributed by atoms with E-state index in [9.17, 15) is 10.1 Å². The number of hydrogen-bond donors (Lipinski definition) is 1. The number of aromatic nitrogens is 1. The van der Waals surface area contributed by atoms with Crippen LogP contribution in [-0.2, 0) is 0 Å². The molecule has 0 saturated heterocycles. The van der Waals surface area contributed by atoms with Gasteiger partial charge in [-0.3, -0.25) is 10.1 Å². The molecule has 0 saturated carbocycles. The highest BCUT2D eigenvalue weighted by Crippen LogP contribution is 2.29. The van der Waals surface area contributed by atoms with Crippen molar-refractivity contribution in [2.24, 2.45) is 0 Å². The van der Waals surface area contributed by atoms with Crippen LogP contribution in [0.4, 0.5) is 11.4 Å². The first-order valence-electron chi connectivity index (χ1n) is 4.50. The van der Waals surface area contributed by atoms with E-state index >= 15 is 0 Å². The molecule has 16 heavy (non-hydrogen) atoms. The molecule has 1 aromatic heterocycles. The Morgan fingerprint density at radius 3 is 2.75 bits per heavy atom. The molecule has 0 unspecified atom stereocenters. The number of nitro groups is 1. The summed E-state index contributed by atoms with van der Waals surface area (Å²) >= 11 is 5.75. The fourth-order valence-corrected chi connectivity index (χ4v) is 1.69. The Labute approximate surface area is 96.0 Å². The predicted molar refractivity (Wildman–Crippen MR) is 62.6 cm³/mol. The Hall–Kier alpha value is -1.88. The van der Waals surface area contributed by atoms with Crippen LogP contribution < -0.4 is 5.73 Å². The second-order valence-electron chi connectivity index (χ2n) is 3.48. The van der Waals surface area contributed by atoms with Gasteiger partial charge >= 0.3 is 0 Å². The number of fused-ring (bicyclic) bond motifs is 1. The third-order valence-electron chi connectivity index (χ3n) is 2.22. The van der Waals surface area contributed by atoms with Crippen molar-refractivity contribution in [2.75, 3.05) is 5.73 Å². The number of nitrogens with two attached hydrogens (primary N) is 1. The molecule has 82 valence electrons. The molecule has 0 amide bonds. The maximum absolute atomic E-state index is 10.9. The standard InChI is InChI=1S/C10H8ClN3O2/c1-5-2-6-4-7(12)10(11)13-9(6)8(3-5)14(15)16/h2-4H,12H2,1H3. The van der Waals surface area contributed by atoms with Crippen LogP contribution in [-0.4, -0.2) is 9.91 Å². The first-order valence-corrected chi connectivity index (χ1v) is 4.87. The lowest BCUT2D eigenvalue weighted by Gasteiger charge is -2.03. The molecule has 2 N–H and O–H groups in total. The molecule has 0 aliphatic rings. The molecule has 6 heteroatoms. The molecule has 5 nitrogen and oxygen atoms in total. The smallest absolute Gasteiger partial charge is 0.295 e. The number of anilines is 1. The van der Waals surface area contributed by atoms with Gasteiger partial charge in [0.25, 0.3) is 5.69 Å². The van der Waals surface area contributed by atoms with E-state index in [0.717, 1.165) is 5.56 Å². The van der Waals surface area contributed by atoms with E-state index in [2.05, 4.69) is 4.98 Å². The Morgan fingerprint density at radius 1 is 1.44 bits per heavy atom. The van der Waals surface area contributed by atoms with Crippen molar-refractivity contribution in [1.82, 2.24) is 4.98 Å². The van der Waals surface area contributed by atoms with Gasteiger partial charge in [0.2, 0.25) is 0 Å². The summed E-state index contributed by atoms with van der Waals surface area (Å²) in [5.74, 6) is 0. The molecule has 0 bridgehead atoms. The van der Waals surface area contributed by atoms with Crippen molar-refractivity contribution >= 4 is 33.9 Å². The van der Waals surface area contributed by atoms with Crippen molar-refractivity contribution in [1.29, 1.82) is 0 Å². The third kappa shape index (κ3) is 1.65. The van der Waals surface area contributed by atoms with Crippen LogP contribution in [0.2, 0.25) is 5.15 Å². The van der Waals surface area contributed by atoms with Gasteiger partial charge in [-0.1, -0.05) is 11.6 Å². The number of aryl methyl sites for hydroxylation is 1. The van der Waals surface area contributed by atoms with Crippen LogP contribution in [0.1, 0.15) is 5.56 Å². The van der Waals surface area contributed by atoms with Crippen molar-refractivity contribution in [3.63, 3.8) is 0 Å². The molecule has 0 aliphatic carbocycles. The van der Waals surface area contributed by atoms with E-state index in [1.54, 1.807) is 19.1 Å². The maximum Gasteiger partial charge on any atom is 0.295 e. The lowest BCUT2D eigenvalue weighted by molar-refractivity contribution is -0.383. The van der Waals surface area contributed by atoms with Gasteiger partial charge in [-0.2, -0.15) is 0 Å². The fourth-order valence-electron chi connectivity index (χ4n) is 1.55. The molecule has 0 spiro atoms. The van der Waals surface area contributed by atoms with Gasteiger partial charge in [0.05, 0.1) is 10.6 Å². The van der Waals surface area contributed by atoms with Crippen molar-refractivity contribution in [3.8, 4) is 0 Å². The molecule has 0 radical (unpaired) electrons. The number of non-ortho nitro benzene ring substituents is 1. The number of hydrogen-bond acceptors (Lipinski definition) is 4. The summed E-state index contributed by atoms with van der Waals surface area (Å²) in [6.07, 6.45) is 0. The normalized spacial score (nSPS) is 10.6. The topological polar surface area (TPSA) is 82.0 Å². The molecule has 2 aromatic rings. The number of nitrogen functional groups attached to an aromatic ring is 1. The zero-order valence-corrected chi connectivity index (χ0v) is 9.15. The van der Waals surface area contributed by atoms with Gasteiger partial charge in [-0.05, 0) is 24.6 Å². The van der Waals surface area contributed by atoms with Gasteiger partial charge in [0.15, 0.2) is 5.15 Å². The van der Waals surface area contributed by atoms with E-state index in [4.69, 9.17) is 17.3 Å².